The molecule has 2 N–H and O–H groups in total. The van der Waals surface area contributed by atoms with Gasteiger partial charge in [0.25, 0.3) is 0 Å². The molecule has 9 nitrogen and oxygen atoms in total. The number of benzene rings is 2. The summed E-state index contributed by atoms with van der Waals surface area (Å²) in [7, 11) is -2.24. The minimum atomic E-state index is -3.76. The Kier molecular flexibility index (Phi) is 9.86. The van der Waals surface area contributed by atoms with Gasteiger partial charge in [0.2, 0.25) is 21.8 Å². The Morgan fingerprint density at radius 3 is 2.52 bits per heavy atom. The molecule has 10 heteroatoms. The average molecular weight is 572 g/mol. The molecule has 0 saturated heterocycles. The summed E-state index contributed by atoms with van der Waals surface area (Å²) >= 11 is 0. The highest BCUT2D eigenvalue weighted by Crippen LogP contribution is 2.31. The number of aliphatic hydroxyl groups is 1. The molecule has 2 amide bonds. The molecule has 1 saturated carbocycles. The summed E-state index contributed by atoms with van der Waals surface area (Å²) in [5.74, 6) is 0.0441. The van der Waals surface area contributed by atoms with E-state index in [0.717, 1.165) is 32.1 Å². The first-order chi connectivity index (χ1) is 19.1. The summed E-state index contributed by atoms with van der Waals surface area (Å²) in [5, 5.41) is 12.9. The summed E-state index contributed by atoms with van der Waals surface area (Å²) in [6, 6.07) is 13.1. The zero-order chi connectivity index (χ0) is 28.9. The maximum absolute atomic E-state index is 13.4. The molecule has 0 radical (unpaired) electrons. The molecule has 0 aromatic heterocycles. The second kappa shape index (κ2) is 13.1. The van der Waals surface area contributed by atoms with Gasteiger partial charge in [-0.05, 0) is 50.1 Å². The number of amides is 2. The summed E-state index contributed by atoms with van der Waals surface area (Å²) < 4.78 is 34.3. The second-order valence-corrected chi connectivity index (χ2v) is 13.2. The third-order valence-corrected chi connectivity index (χ3v) is 9.89. The highest BCUT2D eigenvalue weighted by Gasteiger charge is 2.33. The second-order valence-electron chi connectivity index (χ2n) is 11.1. The van der Waals surface area contributed by atoms with E-state index in [1.165, 1.54) is 11.4 Å². The van der Waals surface area contributed by atoms with E-state index in [2.05, 4.69) is 5.32 Å². The molecule has 4 rings (SSSR count). The highest BCUT2D eigenvalue weighted by molar-refractivity contribution is 7.89. The number of hydrogen-bond donors (Lipinski definition) is 2. The van der Waals surface area contributed by atoms with Crippen molar-refractivity contribution >= 4 is 27.5 Å². The van der Waals surface area contributed by atoms with Crippen molar-refractivity contribution in [2.24, 2.45) is 11.8 Å². The van der Waals surface area contributed by atoms with Gasteiger partial charge in [-0.1, -0.05) is 44.4 Å². The molecular formula is C30H41N3O6S. The highest BCUT2D eigenvalue weighted by atomic mass is 32.2. The van der Waals surface area contributed by atoms with E-state index in [0.29, 0.717) is 23.5 Å². The van der Waals surface area contributed by atoms with Crippen LogP contribution in [-0.2, 0) is 26.0 Å². The standard InChI is InChI=1S/C30H41N3O6S/c1-21-18-33(22(2)20-34)29(35)17-24-16-25(31-30(36)23-10-6-4-7-11-23)14-15-27(24)39-28(21)19-32(3)40(37,38)26-12-8-5-9-13-26/h5,8-9,12-16,21-23,28,34H,4,6-7,10-11,17-20H2,1-3H3,(H,31,36)/t21-,22+,28-/m0/s1. The predicted molar refractivity (Wildman–Crippen MR) is 153 cm³/mol. The van der Waals surface area contributed by atoms with Crippen LogP contribution in [0.25, 0.3) is 0 Å². The Labute approximate surface area is 237 Å². The molecule has 3 atom stereocenters. The summed E-state index contributed by atoms with van der Waals surface area (Å²) in [5.41, 5.74) is 1.20. The van der Waals surface area contributed by atoms with E-state index < -0.39 is 22.2 Å². The van der Waals surface area contributed by atoms with Crippen LogP contribution < -0.4 is 10.1 Å². The lowest BCUT2D eigenvalue weighted by atomic mass is 9.88. The predicted octanol–water partition coefficient (Wildman–Crippen LogP) is 3.68. The van der Waals surface area contributed by atoms with Crippen LogP contribution in [0.15, 0.2) is 53.4 Å². The number of carbonyl (C=O) groups is 2. The van der Waals surface area contributed by atoms with Crippen LogP contribution in [0, 0.1) is 11.8 Å². The molecule has 1 aliphatic carbocycles. The molecule has 0 bridgehead atoms. The van der Waals surface area contributed by atoms with Gasteiger partial charge in [-0.3, -0.25) is 9.59 Å². The first-order valence-corrected chi connectivity index (χ1v) is 15.6. The molecule has 0 spiro atoms. The van der Waals surface area contributed by atoms with Crippen molar-refractivity contribution in [3.05, 3.63) is 54.1 Å². The molecule has 40 heavy (non-hydrogen) atoms. The first-order valence-electron chi connectivity index (χ1n) is 14.1. The number of likely N-dealkylation sites (N-methyl/N-ethyl adjacent to an activating group) is 1. The number of carbonyl (C=O) groups excluding carboxylic acids is 2. The summed E-state index contributed by atoms with van der Waals surface area (Å²) in [6.45, 7) is 3.86. The van der Waals surface area contributed by atoms with Gasteiger partial charge in [0.05, 0.1) is 30.5 Å². The van der Waals surface area contributed by atoms with Crippen molar-refractivity contribution in [3.63, 3.8) is 0 Å². The maximum Gasteiger partial charge on any atom is 0.242 e. The number of nitrogens with one attached hydrogen (secondary N) is 1. The van der Waals surface area contributed by atoms with E-state index in [4.69, 9.17) is 4.74 Å². The molecule has 1 aliphatic heterocycles. The number of fused-ring (bicyclic) bond motifs is 1. The quantitative estimate of drug-likeness (QED) is 0.500. The van der Waals surface area contributed by atoms with E-state index in [9.17, 15) is 23.1 Å². The summed E-state index contributed by atoms with van der Waals surface area (Å²) in [6.07, 6.45) is 4.48. The molecule has 0 unspecified atom stereocenters. The topological polar surface area (TPSA) is 116 Å². The number of sulfonamides is 1. The lowest BCUT2D eigenvalue weighted by Crippen LogP contribution is -2.48. The van der Waals surface area contributed by atoms with Crippen molar-refractivity contribution in [2.75, 3.05) is 32.1 Å². The van der Waals surface area contributed by atoms with Gasteiger partial charge in [-0.15, -0.1) is 0 Å². The average Bonchev–Trinajstić information content (AvgIpc) is 3.01. The number of anilines is 1. The SMILES string of the molecule is C[C@H](CO)N1C[C@H](C)[C@H](CN(C)S(=O)(=O)c2ccccc2)Oc2ccc(NC(=O)C3CCCCC3)cc2CC1=O. The van der Waals surface area contributed by atoms with Crippen molar-refractivity contribution in [1.29, 1.82) is 0 Å². The first kappa shape index (κ1) is 30.0. The lowest BCUT2D eigenvalue weighted by molar-refractivity contribution is -0.134. The molecule has 2 aromatic carbocycles. The molecule has 1 heterocycles. The summed E-state index contributed by atoms with van der Waals surface area (Å²) in [4.78, 5) is 28.2. The number of aliphatic hydroxyl groups excluding tert-OH is 1. The number of nitrogens with zero attached hydrogens (tertiary/aromatic N) is 2. The van der Waals surface area contributed by atoms with Crippen molar-refractivity contribution in [3.8, 4) is 5.75 Å². The van der Waals surface area contributed by atoms with E-state index in [-0.39, 0.29) is 48.1 Å². The van der Waals surface area contributed by atoms with Crippen molar-refractivity contribution in [1.82, 2.24) is 9.21 Å². The normalized spacial score (nSPS) is 21.5. The number of hydrogen-bond acceptors (Lipinski definition) is 6. The molecule has 2 aliphatic rings. The fourth-order valence-corrected chi connectivity index (χ4v) is 6.66. The van der Waals surface area contributed by atoms with Crippen molar-refractivity contribution < 1.29 is 27.9 Å². The molecule has 2 aromatic rings. The Morgan fingerprint density at radius 2 is 1.85 bits per heavy atom. The molecule has 1 fully saturated rings. The van der Waals surface area contributed by atoms with E-state index in [1.807, 2.05) is 6.92 Å². The third kappa shape index (κ3) is 7.03. The Hall–Kier alpha value is -2.95. The van der Waals surface area contributed by atoms with Gasteiger partial charge in [-0.25, -0.2) is 8.42 Å². The van der Waals surface area contributed by atoms with Gasteiger partial charge in [0, 0.05) is 36.7 Å². The van der Waals surface area contributed by atoms with Crippen LogP contribution in [-0.4, -0.2) is 73.4 Å². The lowest BCUT2D eigenvalue weighted by Gasteiger charge is -2.33. The number of rotatable bonds is 8. The minimum absolute atomic E-state index is 0.00920. The van der Waals surface area contributed by atoms with Gasteiger partial charge in [-0.2, -0.15) is 4.31 Å². The van der Waals surface area contributed by atoms with Crippen LogP contribution in [0.1, 0.15) is 51.5 Å². The van der Waals surface area contributed by atoms with Gasteiger partial charge in [0.1, 0.15) is 11.9 Å². The van der Waals surface area contributed by atoms with E-state index in [1.54, 1.807) is 60.4 Å². The molecular weight excluding hydrogens is 530 g/mol. The van der Waals surface area contributed by atoms with Gasteiger partial charge < -0.3 is 20.1 Å². The smallest absolute Gasteiger partial charge is 0.242 e. The monoisotopic (exact) mass is 571 g/mol. The molecule has 218 valence electrons. The zero-order valence-corrected chi connectivity index (χ0v) is 24.4. The zero-order valence-electron chi connectivity index (χ0n) is 23.6. The fraction of sp³-hybridized carbons (Fsp3) is 0.533. The van der Waals surface area contributed by atoms with Crippen LogP contribution in [0.5, 0.6) is 5.75 Å². The van der Waals surface area contributed by atoms with Crippen LogP contribution in [0.3, 0.4) is 0 Å². The van der Waals surface area contributed by atoms with Gasteiger partial charge >= 0.3 is 0 Å². The Balaban J connectivity index is 1.62. The minimum Gasteiger partial charge on any atom is -0.488 e. The van der Waals surface area contributed by atoms with Crippen LogP contribution >= 0.6 is 0 Å². The van der Waals surface area contributed by atoms with Crippen LogP contribution in [0.4, 0.5) is 5.69 Å². The maximum atomic E-state index is 13.4. The Morgan fingerprint density at radius 1 is 1.15 bits per heavy atom. The largest absolute Gasteiger partial charge is 0.488 e. The third-order valence-electron chi connectivity index (χ3n) is 8.05. The van der Waals surface area contributed by atoms with Gasteiger partial charge in [0.15, 0.2) is 0 Å². The van der Waals surface area contributed by atoms with Crippen LogP contribution in [0.2, 0.25) is 0 Å². The number of ether oxygens (including phenoxy) is 1. The fourth-order valence-electron chi connectivity index (χ4n) is 5.46. The Bertz CT molecular complexity index is 1280. The van der Waals surface area contributed by atoms with Crippen molar-refractivity contribution in [2.45, 2.75) is 69.4 Å². The van der Waals surface area contributed by atoms with E-state index >= 15 is 0 Å².